The number of nitrogens with zero attached hydrogens (tertiary/aromatic N) is 2. The fourth-order valence-corrected chi connectivity index (χ4v) is 2.39. The summed E-state index contributed by atoms with van der Waals surface area (Å²) in [6, 6.07) is 4.60. The average Bonchev–Trinajstić information content (AvgIpc) is 2.96. The molecule has 1 aliphatic heterocycles. The van der Waals surface area contributed by atoms with E-state index >= 15 is 0 Å². The van der Waals surface area contributed by atoms with Gasteiger partial charge in [0.2, 0.25) is 5.91 Å². The maximum Gasteiger partial charge on any atom is 0.340 e. The molecule has 1 N–H and O–H groups in total. The number of hydrazine groups is 1. The zero-order chi connectivity index (χ0) is 15.4. The van der Waals surface area contributed by atoms with Gasteiger partial charge in [-0.1, -0.05) is 18.5 Å². The quantitative estimate of drug-likeness (QED) is 0.933. The van der Waals surface area contributed by atoms with Crippen molar-refractivity contribution >= 4 is 29.2 Å². The zero-order valence-electron chi connectivity index (χ0n) is 12.1. The number of amides is 3. The van der Waals surface area contributed by atoms with Crippen LogP contribution in [0.1, 0.15) is 19.8 Å². The highest BCUT2D eigenvalue weighted by Gasteiger charge is 2.30. The molecule has 1 heterocycles. The molecule has 0 spiro atoms. The molecule has 21 heavy (non-hydrogen) atoms. The van der Waals surface area contributed by atoms with Crippen molar-refractivity contribution < 1.29 is 14.3 Å². The Morgan fingerprint density at radius 3 is 2.71 bits per heavy atom. The van der Waals surface area contributed by atoms with Crippen LogP contribution in [0.15, 0.2) is 18.2 Å². The molecule has 0 unspecified atom stereocenters. The molecule has 3 amide bonds. The molecule has 1 aromatic carbocycles. The van der Waals surface area contributed by atoms with Crippen molar-refractivity contribution in [2.24, 2.45) is 0 Å². The first kappa shape index (κ1) is 15.4. The number of carbonyl (C=O) groups is 2. The molecule has 114 valence electrons. The van der Waals surface area contributed by atoms with Gasteiger partial charge in [-0.15, -0.1) is 0 Å². The lowest BCUT2D eigenvalue weighted by molar-refractivity contribution is -0.139. The number of ether oxygens (including phenoxy) is 1. The van der Waals surface area contributed by atoms with Gasteiger partial charge < -0.3 is 10.1 Å². The summed E-state index contributed by atoms with van der Waals surface area (Å²) in [5, 5.41) is 6.13. The van der Waals surface area contributed by atoms with Crippen LogP contribution in [0, 0.1) is 0 Å². The van der Waals surface area contributed by atoms with Crippen LogP contribution in [0.5, 0.6) is 5.75 Å². The summed E-state index contributed by atoms with van der Waals surface area (Å²) >= 11 is 5.93. The zero-order valence-corrected chi connectivity index (χ0v) is 12.8. The number of methoxy groups -OCH3 is 1. The summed E-state index contributed by atoms with van der Waals surface area (Å²) in [6.45, 7) is 2.85. The molecule has 0 radical (unpaired) electrons. The van der Waals surface area contributed by atoms with Crippen LogP contribution in [0.2, 0.25) is 5.02 Å². The van der Waals surface area contributed by atoms with Crippen LogP contribution in [-0.4, -0.2) is 42.2 Å². The van der Waals surface area contributed by atoms with E-state index in [-0.39, 0.29) is 11.9 Å². The number of carbonyl (C=O) groups excluding carboxylic acids is 2. The molecule has 1 fully saturated rings. The van der Waals surface area contributed by atoms with Gasteiger partial charge in [-0.3, -0.25) is 9.80 Å². The summed E-state index contributed by atoms with van der Waals surface area (Å²) in [5.74, 6) is 0.445. The third-order valence-electron chi connectivity index (χ3n) is 3.26. The Morgan fingerprint density at radius 1 is 1.33 bits per heavy atom. The Morgan fingerprint density at radius 2 is 2.05 bits per heavy atom. The molecule has 0 aromatic heterocycles. The van der Waals surface area contributed by atoms with E-state index in [1.165, 1.54) is 17.1 Å². The van der Waals surface area contributed by atoms with Crippen molar-refractivity contribution in [2.75, 3.05) is 25.5 Å². The van der Waals surface area contributed by atoms with E-state index in [1.807, 2.05) is 0 Å². The number of hydrogen-bond acceptors (Lipinski definition) is 3. The highest BCUT2D eigenvalue weighted by Crippen LogP contribution is 2.28. The first-order valence-corrected chi connectivity index (χ1v) is 7.17. The molecule has 7 heteroatoms. The van der Waals surface area contributed by atoms with Crippen LogP contribution in [0.4, 0.5) is 10.5 Å². The predicted molar refractivity (Wildman–Crippen MR) is 80.3 cm³/mol. The van der Waals surface area contributed by atoms with E-state index in [2.05, 4.69) is 5.32 Å². The first-order chi connectivity index (χ1) is 10.1. The number of hydrogen-bond donors (Lipinski definition) is 1. The average molecular weight is 312 g/mol. The fourth-order valence-electron chi connectivity index (χ4n) is 2.22. The minimum atomic E-state index is -0.366. The van der Waals surface area contributed by atoms with Crippen molar-refractivity contribution in [2.45, 2.75) is 19.8 Å². The van der Waals surface area contributed by atoms with Gasteiger partial charge in [0.15, 0.2) is 0 Å². The molecule has 6 nitrogen and oxygen atoms in total. The number of rotatable bonds is 3. The van der Waals surface area contributed by atoms with E-state index in [9.17, 15) is 9.59 Å². The summed E-state index contributed by atoms with van der Waals surface area (Å²) in [5.41, 5.74) is 0.478. The predicted octanol–water partition coefficient (Wildman–Crippen LogP) is 2.74. The van der Waals surface area contributed by atoms with Crippen LogP contribution >= 0.6 is 11.6 Å². The van der Waals surface area contributed by atoms with Gasteiger partial charge in [0.1, 0.15) is 5.75 Å². The Balaban J connectivity index is 2.14. The Kier molecular flexibility index (Phi) is 4.90. The maximum absolute atomic E-state index is 12.3. The Bertz CT molecular complexity index is 550. The standard InChI is InChI=1S/C14H18ClN3O3/c1-3-13(19)17-7-4-8-18(17)14(20)16-11-9-10(15)5-6-12(11)21-2/h5-6,9H,3-4,7-8H2,1-2H3,(H,16,20). The highest BCUT2D eigenvalue weighted by atomic mass is 35.5. The van der Waals surface area contributed by atoms with Gasteiger partial charge in [-0.05, 0) is 24.6 Å². The normalized spacial score (nSPS) is 14.2. The minimum absolute atomic E-state index is 0.0688. The monoisotopic (exact) mass is 311 g/mol. The lowest BCUT2D eigenvalue weighted by Gasteiger charge is -2.27. The Labute approximate surface area is 128 Å². The van der Waals surface area contributed by atoms with Gasteiger partial charge in [-0.25, -0.2) is 9.80 Å². The largest absolute Gasteiger partial charge is 0.495 e. The molecule has 1 saturated heterocycles. The van der Waals surface area contributed by atoms with E-state index in [0.717, 1.165) is 6.42 Å². The van der Waals surface area contributed by atoms with Crippen molar-refractivity contribution in [3.63, 3.8) is 0 Å². The lowest BCUT2D eigenvalue weighted by Crippen LogP contribution is -2.46. The molecular weight excluding hydrogens is 294 g/mol. The lowest BCUT2D eigenvalue weighted by atomic mass is 10.3. The molecular formula is C14H18ClN3O3. The molecule has 1 aliphatic rings. The number of benzene rings is 1. The van der Waals surface area contributed by atoms with Gasteiger partial charge >= 0.3 is 6.03 Å². The molecule has 0 aliphatic carbocycles. The number of halogens is 1. The third kappa shape index (κ3) is 3.39. The molecule has 0 atom stereocenters. The van der Waals surface area contributed by atoms with Crippen molar-refractivity contribution in [1.29, 1.82) is 0 Å². The number of urea groups is 1. The van der Waals surface area contributed by atoms with E-state index < -0.39 is 0 Å². The van der Waals surface area contributed by atoms with Crippen LogP contribution in [0.3, 0.4) is 0 Å². The second kappa shape index (κ2) is 6.67. The van der Waals surface area contributed by atoms with Crippen LogP contribution in [-0.2, 0) is 4.79 Å². The second-order valence-electron chi connectivity index (χ2n) is 4.62. The summed E-state index contributed by atoms with van der Waals surface area (Å²) in [6.07, 6.45) is 1.14. The van der Waals surface area contributed by atoms with Crippen molar-refractivity contribution in [3.8, 4) is 5.75 Å². The highest BCUT2D eigenvalue weighted by molar-refractivity contribution is 6.31. The smallest absolute Gasteiger partial charge is 0.340 e. The molecule has 2 rings (SSSR count). The van der Waals surface area contributed by atoms with E-state index in [4.69, 9.17) is 16.3 Å². The summed E-state index contributed by atoms with van der Waals surface area (Å²) < 4.78 is 5.19. The van der Waals surface area contributed by atoms with Crippen LogP contribution < -0.4 is 10.1 Å². The topological polar surface area (TPSA) is 61.9 Å². The maximum atomic E-state index is 12.3. The van der Waals surface area contributed by atoms with Crippen molar-refractivity contribution in [1.82, 2.24) is 10.0 Å². The summed E-state index contributed by atoms with van der Waals surface area (Å²) in [7, 11) is 1.52. The van der Waals surface area contributed by atoms with Gasteiger partial charge in [0, 0.05) is 24.5 Å². The molecule has 0 saturated carbocycles. The van der Waals surface area contributed by atoms with Gasteiger partial charge in [0.05, 0.1) is 12.8 Å². The van der Waals surface area contributed by atoms with Gasteiger partial charge in [-0.2, -0.15) is 0 Å². The van der Waals surface area contributed by atoms with Crippen LogP contribution in [0.25, 0.3) is 0 Å². The second-order valence-corrected chi connectivity index (χ2v) is 5.06. The minimum Gasteiger partial charge on any atom is -0.495 e. The van der Waals surface area contributed by atoms with Gasteiger partial charge in [0.25, 0.3) is 0 Å². The van der Waals surface area contributed by atoms with E-state index in [0.29, 0.717) is 36.0 Å². The van der Waals surface area contributed by atoms with E-state index in [1.54, 1.807) is 25.1 Å². The summed E-state index contributed by atoms with van der Waals surface area (Å²) in [4.78, 5) is 24.2. The molecule has 0 bridgehead atoms. The number of nitrogens with one attached hydrogen (secondary N) is 1. The van der Waals surface area contributed by atoms with Crippen molar-refractivity contribution in [3.05, 3.63) is 23.2 Å². The SMILES string of the molecule is CCC(=O)N1CCCN1C(=O)Nc1cc(Cl)ccc1OC. The number of anilines is 1. The molecule has 1 aromatic rings. The third-order valence-corrected chi connectivity index (χ3v) is 3.49. The first-order valence-electron chi connectivity index (χ1n) is 6.79. The fraction of sp³-hybridized carbons (Fsp3) is 0.429. The Hall–Kier alpha value is -1.95.